The second-order valence-corrected chi connectivity index (χ2v) is 5.32. The molecule has 1 aromatic rings. The number of nitrogens with zero attached hydrogens (tertiary/aromatic N) is 1. The fourth-order valence-electron chi connectivity index (χ4n) is 2.21. The van der Waals surface area contributed by atoms with Crippen molar-refractivity contribution >= 4 is 15.9 Å². The second-order valence-electron chi connectivity index (χ2n) is 4.68. The minimum Gasteiger partial charge on any atom is -0.490 e. The first-order chi connectivity index (χ1) is 9.83. The first-order valence-electron chi connectivity index (χ1n) is 7.08. The number of hydrogen-bond donors (Lipinski definition) is 0. The summed E-state index contributed by atoms with van der Waals surface area (Å²) in [6.45, 7) is 6.93. The Balaban J connectivity index is 1.78. The Bertz CT molecular complexity index is 402. The van der Waals surface area contributed by atoms with Crippen LogP contribution in [0.15, 0.2) is 24.3 Å². The second kappa shape index (κ2) is 8.49. The van der Waals surface area contributed by atoms with Gasteiger partial charge in [0, 0.05) is 25.0 Å². The molecule has 1 heterocycles. The normalized spacial score (nSPS) is 19.8. The lowest BCUT2D eigenvalue weighted by molar-refractivity contribution is -0.0184. The quantitative estimate of drug-likeness (QED) is 0.712. The molecule has 1 aliphatic heterocycles. The van der Waals surface area contributed by atoms with E-state index in [9.17, 15) is 0 Å². The van der Waals surface area contributed by atoms with Crippen molar-refractivity contribution in [2.75, 3.05) is 44.8 Å². The van der Waals surface area contributed by atoms with Gasteiger partial charge in [0.05, 0.1) is 19.3 Å². The average molecular weight is 344 g/mol. The van der Waals surface area contributed by atoms with Gasteiger partial charge in [0.2, 0.25) is 0 Å². The fourth-order valence-corrected chi connectivity index (χ4v) is 2.60. The van der Waals surface area contributed by atoms with Gasteiger partial charge >= 0.3 is 0 Å². The summed E-state index contributed by atoms with van der Waals surface area (Å²) in [5.41, 5.74) is 0. The van der Waals surface area contributed by atoms with Crippen LogP contribution < -0.4 is 9.47 Å². The van der Waals surface area contributed by atoms with E-state index >= 15 is 0 Å². The molecule has 2 rings (SSSR count). The summed E-state index contributed by atoms with van der Waals surface area (Å²) in [7, 11) is 0. The van der Waals surface area contributed by atoms with E-state index in [0.29, 0.717) is 19.3 Å². The predicted molar refractivity (Wildman–Crippen MR) is 83.1 cm³/mol. The Morgan fingerprint density at radius 1 is 1.30 bits per heavy atom. The van der Waals surface area contributed by atoms with Crippen LogP contribution in [0.5, 0.6) is 11.5 Å². The van der Waals surface area contributed by atoms with Crippen LogP contribution in [0.4, 0.5) is 0 Å². The van der Waals surface area contributed by atoms with Crippen molar-refractivity contribution in [3.8, 4) is 11.5 Å². The molecule has 20 heavy (non-hydrogen) atoms. The Hall–Kier alpha value is -0.780. The molecule has 0 bridgehead atoms. The molecule has 5 heteroatoms. The third-order valence-corrected chi connectivity index (χ3v) is 3.93. The summed E-state index contributed by atoms with van der Waals surface area (Å²) in [5, 5.41) is 0.886. The lowest BCUT2D eigenvalue weighted by atomic mass is 10.3. The molecule has 0 saturated carbocycles. The van der Waals surface area contributed by atoms with E-state index in [2.05, 4.69) is 20.8 Å². The molecule has 0 spiro atoms. The maximum absolute atomic E-state index is 5.84. The summed E-state index contributed by atoms with van der Waals surface area (Å²) < 4.78 is 17.0. The highest BCUT2D eigenvalue weighted by Gasteiger charge is 2.19. The van der Waals surface area contributed by atoms with Gasteiger partial charge in [0.15, 0.2) is 11.5 Å². The maximum atomic E-state index is 5.84. The summed E-state index contributed by atoms with van der Waals surface area (Å²) in [4.78, 5) is 2.37. The number of alkyl halides is 1. The number of halogens is 1. The molecule has 1 aliphatic rings. The van der Waals surface area contributed by atoms with Crippen molar-refractivity contribution in [2.24, 2.45) is 0 Å². The van der Waals surface area contributed by atoms with Crippen molar-refractivity contribution in [3.05, 3.63) is 24.3 Å². The zero-order chi connectivity index (χ0) is 14.2. The van der Waals surface area contributed by atoms with E-state index in [1.54, 1.807) is 0 Å². The molecule has 0 radical (unpaired) electrons. The van der Waals surface area contributed by atoms with Crippen LogP contribution in [-0.2, 0) is 4.74 Å². The number of rotatable bonds is 7. The van der Waals surface area contributed by atoms with Gasteiger partial charge in [-0.1, -0.05) is 28.1 Å². The van der Waals surface area contributed by atoms with Gasteiger partial charge in [-0.3, -0.25) is 4.90 Å². The highest BCUT2D eigenvalue weighted by Crippen LogP contribution is 2.26. The molecule has 1 atom stereocenters. The minimum absolute atomic E-state index is 0.291. The largest absolute Gasteiger partial charge is 0.490 e. The first-order valence-corrected chi connectivity index (χ1v) is 8.20. The molecule has 0 aliphatic carbocycles. The van der Waals surface area contributed by atoms with E-state index in [4.69, 9.17) is 14.2 Å². The Labute approximate surface area is 129 Å². The fraction of sp³-hybridized carbons (Fsp3) is 0.600. The first kappa shape index (κ1) is 15.6. The van der Waals surface area contributed by atoms with Crippen LogP contribution in [0.25, 0.3) is 0 Å². The van der Waals surface area contributed by atoms with Crippen LogP contribution in [0.2, 0.25) is 0 Å². The van der Waals surface area contributed by atoms with Crippen molar-refractivity contribution in [1.29, 1.82) is 0 Å². The van der Waals surface area contributed by atoms with E-state index in [-0.39, 0.29) is 0 Å². The molecular weight excluding hydrogens is 322 g/mol. The predicted octanol–water partition coefficient (Wildman–Crippen LogP) is 2.56. The van der Waals surface area contributed by atoms with Crippen molar-refractivity contribution in [1.82, 2.24) is 4.90 Å². The minimum atomic E-state index is 0.291. The Morgan fingerprint density at radius 2 is 2.05 bits per heavy atom. The van der Waals surface area contributed by atoms with Crippen LogP contribution >= 0.6 is 15.9 Å². The van der Waals surface area contributed by atoms with E-state index in [1.807, 2.05) is 31.2 Å². The van der Waals surface area contributed by atoms with Gasteiger partial charge in [0.1, 0.15) is 6.61 Å². The number of morpholine rings is 1. The highest BCUT2D eigenvalue weighted by molar-refractivity contribution is 9.09. The standard InChI is InChI=1S/C15H22BrNO3/c1-2-18-14-5-3-4-6-15(14)20-10-8-17-7-9-19-13(11-16)12-17/h3-6,13H,2,7-12H2,1H3. The third kappa shape index (κ3) is 4.65. The van der Waals surface area contributed by atoms with Gasteiger partial charge in [-0.05, 0) is 19.1 Å². The van der Waals surface area contributed by atoms with E-state index < -0.39 is 0 Å². The molecule has 4 nitrogen and oxygen atoms in total. The molecule has 0 N–H and O–H groups in total. The van der Waals surface area contributed by atoms with Crippen LogP contribution in [0.1, 0.15) is 6.92 Å². The molecule has 1 aromatic carbocycles. The van der Waals surface area contributed by atoms with Gasteiger partial charge in [-0.15, -0.1) is 0 Å². The lowest BCUT2D eigenvalue weighted by Gasteiger charge is -2.31. The number of ether oxygens (including phenoxy) is 3. The monoisotopic (exact) mass is 343 g/mol. The topological polar surface area (TPSA) is 30.9 Å². The smallest absolute Gasteiger partial charge is 0.161 e. The van der Waals surface area contributed by atoms with Gasteiger partial charge in [-0.2, -0.15) is 0 Å². The van der Waals surface area contributed by atoms with Gasteiger partial charge in [-0.25, -0.2) is 0 Å². The Kier molecular flexibility index (Phi) is 6.63. The molecule has 1 saturated heterocycles. The average Bonchev–Trinajstić information content (AvgIpc) is 2.49. The van der Waals surface area contributed by atoms with E-state index in [0.717, 1.165) is 43.1 Å². The summed E-state index contributed by atoms with van der Waals surface area (Å²) >= 11 is 3.47. The van der Waals surface area contributed by atoms with Crippen LogP contribution in [0, 0.1) is 0 Å². The molecular formula is C15H22BrNO3. The zero-order valence-corrected chi connectivity index (χ0v) is 13.5. The molecule has 0 aromatic heterocycles. The summed E-state index contributed by atoms with van der Waals surface area (Å²) in [6.07, 6.45) is 0.291. The van der Waals surface area contributed by atoms with Crippen LogP contribution in [0.3, 0.4) is 0 Å². The van der Waals surface area contributed by atoms with E-state index in [1.165, 1.54) is 0 Å². The zero-order valence-electron chi connectivity index (χ0n) is 11.9. The summed E-state index contributed by atoms with van der Waals surface area (Å²) in [6, 6.07) is 7.81. The molecule has 112 valence electrons. The lowest BCUT2D eigenvalue weighted by Crippen LogP contribution is -2.44. The van der Waals surface area contributed by atoms with Crippen molar-refractivity contribution in [3.63, 3.8) is 0 Å². The maximum Gasteiger partial charge on any atom is 0.161 e. The van der Waals surface area contributed by atoms with Crippen LogP contribution in [-0.4, -0.2) is 55.8 Å². The molecule has 1 unspecified atom stereocenters. The van der Waals surface area contributed by atoms with Crippen molar-refractivity contribution < 1.29 is 14.2 Å². The molecule has 1 fully saturated rings. The third-order valence-electron chi connectivity index (χ3n) is 3.21. The summed E-state index contributed by atoms with van der Waals surface area (Å²) in [5.74, 6) is 1.63. The number of hydrogen-bond acceptors (Lipinski definition) is 4. The Morgan fingerprint density at radius 3 is 2.75 bits per heavy atom. The number of para-hydroxylation sites is 2. The molecule has 0 amide bonds. The van der Waals surface area contributed by atoms with Gasteiger partial charge < -0.3 is 14.2 Å². The van der Waals surface area contributed by atoms with Crippen molar-refractivity contribution in [2.45, 2.75) is 13.0 Å². The SMILES string of the molecule is CCOc1ccccc1OCCN1CCOC(CBr)C1. The van der Waals surface area contributed by atoms with Gasteiger partial charge in [0.25, 0.3) is 0 Å². The number of benzene rings is 1. The highest BCUT2D eigenvalue weighted by atomic mass is 79.9.